The second kappa shape index (κ2) is 64.2. The summed E-state index contributed by atoms with van der Waals surface area (Å²) in [6.07, 6.45) is 36.6. The number of morpholine rings is 10. The van der Waals surface area contributed by atoms with E-state index in [4.69, 9.17) is 47.4 Å². The number of hydrogen-bond donors (Lipinski definition) is 10. The molecule has 0 amide bonds. The van der Waals surface area contributed by atoms with E-state index in [2.05, 4.69) is 192 Å². The lowest BCUT2D eigenvalue weighted by molar-refractivity contribution is -0.0787. The van der Waals surface area contributed by atoms with E-state index < -0.39 is 0 Å². The molecule has 0 aromatic carbocycles. The van der Waals surface area contributed by atoms with Crippen LogP contribution in [0.4, 0.5) is 0 Å². The van der Waals surface area contributed by atoms with E-state index in [0.717, 1.165) is 229 Å². The first-order chi connectivity index (χ1) is 53.0. The molecule has 0 aliphatic carbocycles. The Morgan fingerprint density at radius 1 is 0.182 bits per heavy atom. The molecule has 10 rings (SSSR count). The van der Waals surface area contributed by atoms with Crippen molar-refractivity contribution in [2.75, 3.05) is 197 Å². The van der Waals surface area contributed by atoms with Gasteiger partial charge in [0.1, 0.15) is 0 Å². The lowest BCUT2D eigenvalue weighted by Gasteiger charge is -2.38. The summed E-state index contributed by atoms with van der Waals surface area (Å²) in [5, 5.41) is 33.7. The number of rotatable bonds is 30. The Labute approximate surface area is 681 Å². The third-order valence-electron chi connectivity index (χ3n) is 23.7. The van der Waals surface area contributed by atoms with Crippen LogP contribution in [-0.2, 0) is 47.4 Å². The maximum atomic E-state index is 6.01. The van der Waals surface area contributed by atoms with Gasteiger partial charge in [-0.1, -0.05) is 200 Å². The summed E-state index contributed by atoms with van der Waals surface area (Å²) in [5.41, 5.74) is 1.40. The molecule has 10 heterocycles. The van der Waals surface area contributed by atoms with Crippen LogP contribution in [0, 0.1) is 0 Å². The molecule has 0 spiro atoms. The third kappa shape index (κ3) is 47.7. The van der Waals surface area contributed by atoms with Gasteiger partial charge in [0.05, 0.1) is 122 Å². The Balaban J connectivity index is 0.000000613. The van der Waals surface area contributed by atoms with Gasteiger partial charge in [0.2, 0.25) is 0 Å². The molecule has 110 heavy (non-hydrogen) atoms. The van der Waals surface area contributed by atoms with Gasteiger partial charge in [-0.2, -0.15) is 0 Å². The molecule has 0 radical (unpaired) electrons. The molecule has 10 N–H and O–H groups in total. The molecule has 0 aromatic heterocycles. The molecule has 10 fully saturated rings. The summed E-state index contributed by atoms with van der Waals surface area (Å²) in [7, 11) is 0. The molecular formula is C90H190N10O10. The number of ether oxygens (including phenoxy) is 10. The predicted molar refractivity (Wildman–Crippen MR) is 468 cm³/mol. The fraction of sp³-hybridized carbons (Fsp3) is 1.00. The molecule has 6 atom stereocenters. The van der Waals surface area contributed by atoms with E-state index in [1.807, 2.05) is 0 Å². The van der Waals surface area contributed by atoms with Crippen LogP contribution >= 0.6 is 0 Å². The van der Waals surface area contributed by atoms with Crippen LogP contribution in [0.25, 0.3) is 0 Å². The van der Waals surface area contributed by atoms with Crippen molar-refractivity contribution in [3.63, 3.8) is 0 Å². The van der Waals surface area contributed by atoms with E-state index in [9.17, 15) is 0 Å². The molecule has 20 heteroatoms. The molecule has 10 aliphatic heterocycles. The largest absolute Gasteiger partial charge is 0.373 e. The smallest absolute Gasteiger partial charge is 0.0806 e. The molecule has 10 aliphatic rings. The minimum Gasteiger partial charge on any atom is -0.373 e. The van der Waals surface area contributed by atoms with Crippen LogP contribution in [-0.4, -0.2) is 253 Å². The van der Waals surface area contributed by atoms with E-state index in [1.54, 1.807) is 0 Å². The first-order valence-corrected chi connectivity index (χ1v) is 46.4. The van der Waals surface area contributed by atoms with Crippen LogP contribution in [0.1, 0.15) is 331 Å². The Bertz CT molecular complexity index is 1960. The minimum absolute atomic E-state index is 0.0677. The molecule has 0 bridgehead atoms. The molecule has 0 aromatic rings. The van der Waals surface area contributed by atoms with Gasteiger partial charge in [0, 0.05) is 131 Å². The Hall–Kier alpha value is -0.800. The quantitative estimate of drug-likeness (QED) is 0.0324. The standard InChI is InChI=1S/C12H25NO.C11H23NO.2C10H21NO.2C9H19NO.2C8H17NO.C7H15NO.C6H13NO/c1-3-5-7-12(8-6-4-2)11-13-9-10-14-12;1-3-5-7-11(6-4-2)10-12-8-9-13-11;1-3-5-6-10(4-2)9-11-7-8-12-10;1-3-5-10(6-4-2)9-11-7-8-12-10;1-3-4-5-9(2)8-10-6-7-11-9;1-3-5-9(4-2)8-10-6-7-11-9;1-3-4-8(2)7-9-5-6-10-8;1-3-8(4-2)7-9-5-6-10-8;1-3-7(2)6-8-4-5-9-7;1-6(2)5-7-3-4-8-6/h13H,3-11H2,1-2H3;12H,3-10H2,1-2H3;2*11H,3-9H2,1-2H3;2*10H,3-8H2,1-2H3;2*9H,3-7H2,1-2H3;8H,3-6H2,1-2H3;7H,3-5H2,1-2H3. The molecule has 0 saturated carbocycles. The van der Waals surface area contributed by atoms with Gasteiger partial charge in [-0.25, -0.2) is 0 Å². The minimum atomic E-state index is 0.0677. The fourth-order valence-electron chi connectivity index (χ4n) is 16.0. The molecule has 10 saturated heterocycles. The average Bonchev–Trinajstić information content (AvgIpc) is 0.881. The first kappa shape index (κ1) is 107. The van der Waals surface area contributed by atoms with E-state index in [0.29, 0.717) is 0 Å². The number of unbranched alkanes of at least 4 members (excludes halogenated alkanes) is 5. The fourth-order valence-corrected chi connectivity index (χ4v) is 16.0. The highest BCUT2D eigenvalue weighted by molar-refractivity contribution is 4.91. The Kier molecular flexibility index (Phi) is 62.5. The van der Waals surface area contributed by atoms with Gasteiger partial charge >= 0.3 is 0 Å². The van der Waals surface area contributed by atoms with Crippen molar-refractivity contribution in [2.45, 2.75) is 387 Å². The van der Waals surface area contributed by atoms with Crippen LogP contribution in [0.2, 0.25) is 0 Å². The second-order valence-electron chi connectivity index (χ2n) is 34.5. The van der Waals surface area contributed by atoms with Crippen molar-refractivity contribution >= 4 is 0 Å². The topological polar surface area (TPSA) is 213 Å². The maximum absolute atomic E-state index is 6.01. The van der Waals surface area contributed by atoms with Gasteiger partial charge in [-0.05, 0) is 131 Å². The predicted octanol–water partition coefficient (Wildman–Crippen LogP) is 15.6. The lowest BCUT2D eigenvalue weighted by atomic mass is 9.89. The first-order valence-electron chi connectivity index (χ1n) is 46.4. The summed E-state index contributed by atoms with van der Waals surface area (Å²) >= 11 is 0. The molecular weight excluding hydrogens is 1380 g/mol. The van der Waals surface area contributed by atoms with Gasteiger partial charge < -0.3 is 101 Å². The van der Waals surface area contributed by atoms with Crippen LogP contribution in [0.3, 0.4) is 0 Å². The van der Waals surface area contributed by atoms with E-state index in [1.165, 1.54) is 161 Å². The van der Waals surface area contributed by atoms with Crippen LogP contribution in [0.5, 0.6) is 0 Å². The van der Waals surface area contributed by atoms with Gasteiger partial charge in [-0.15, -0.1) is 0 Å². The summed E-state index contributed by atoms with van der Waals surface area (Å²) < 4.78 is 57.5. The van der Waals surface area contributed by atoms with Crippen LogP contribution < -0.4 is 53.2 Å². The SMILES string of the molecule is CC1(C)CNCCO1.CCC1(C)CNCCO1.CCC1(CC)CNCCO1.CCCC1(C)CNCCO1.CCCC1(CC)CNCCO1.CCCC1(CCC)CNCCO1.CCCCC1(C)CNCCO1.CCCCC1(CC)CNCCO1.CCCCC1(CCC)CNCCO1.CCCCC1(CCCC)CNCCO1. The van der Waals surface area contributed by atoms with Crippen molar-refractivity contribution in [1.29, 1.82) is 0 Å². The van der Waals surface area contributed by atoms with Crippen molar-refractivity contribution in [3.8, 4) is 0 Å². The van der Waals surface area contributed by atoms with Crippen LogP contribution in [0.15, 0.2) is 0 Å². The highest BCUT2D eigenvalue weighted by Crippen LogP contribution is 2.31. The maximum Gasteiger partial charge on any atom is 0.0806 e. The Morgan fingerprint density at radius 2 is 0.400 bits per heavy atom. The molecule has 6 unspecified atom stereocenters. The summed E-state index contributed by atoms with van der Waals surface area (Å²) in [5.74, 6) is 0. The van der Waals surface area contributed by atoms with Crippen molar-refractivity contribution in [1.82, 2.24) is 53.2 Å². The third-order valence-corrected chi connectivity index (χ3v) is 23.7. The zero-order chi connectivity index (χ0) is 81.6. The van der Waals surface area contributed by atoms with Crippen molar-refractivity contribution in [2.24, 2.45) is 0 Å². The lowest BCUT2D eigenvalue weighted by Crippen LogP contribution is -2.49. The van der Waals surface area contributed by atoms with Crippen molar-refractivity contribution < 1.29 is 47.4 Å². The zero-order valence-electron chi connectivity index (χ0n) is 76.5. The Morgan fingerprint density at radius 3 is 0.618 bits per heavy atom. The summed E-state index contributed by atoms with van der Waals surface area (Å²) in [6, 6.07) is 0. The zero-order valence-corrected chi connectivity index (χ0v) is 76.5. The second-order valence-corrected chi connectivity index (χ2v) is 34.5. The van der Waals surface area contributed by atoms with Gasteiger partial charge in [0.25, 0.3) is 0 Å². The van der Waals surface area contributed by atoms with Crippen molar-refractivity contribution in [3.05, 3.63) is 0 Å². The van der Waals surface area contributed by atoms with Gasteiger partial charge in [-0.3, -0.25) is 0 Å². The highest BCUT2D eigenvalue weighted by atomic mass is 16.5. The average molecular weight is 1570 g/mol. The monoisotopic (exact) mass is 1570 g/mol. The van der Waals surface area contributed by atoms with E-state index >= 15 is 0 Å². The summed E-state index contributed by atoms with van der Waals surface area (Å²) in [6.45, 7) is 73.3. The number of nitrogens with one attached hydrogen (secondary N) is 10. The highest BCUT2D eigenvalue weighted by Gasteiger charge is 2.36. The summed E-state index contributed by atoms with van der Waals surface area (Å²) in [4.78, 5) is 0. The van der Waals surface area contributed by atoms with E-state index in [-0.39, 0.29) is 56.0 Å². The normalized spacial score (nSPS) is 28.7. The molecule has 660 valence electrons. The van der Waals surface area contributed by atoms with Gasteiger partial charge in [0.15, 0.2) is 0 Å². The molecule has 20 nitrogen and oxygen atoms in total. The number of hydrogen-bond acceptors (Lipinski definition) is 20.